The summed E-state index contributed by atoms with van der Waals surface area (Å²) in [5, 5.41) is 7.96. The molecule has 3 saturated heterocycles. The van der Waals surface area contributed by atoms with Crippen molar-refractivity contribution >= 4 is 0 Å². The predicted octanol–water partition coefficient (Wildman–Crippen LogP) is 6.41. The second-order valence-corrected chi connectivity index (χ2v) is 13.9. The number of nitrogens with zero attached hydrogens (tertiary/aromatic N) is 1. The Morgan fingerprint density at radius 3 is 1.43 bits per heavy atom. The fourth-order valence-corrected chi connectivity index (χ4v) is 7.28. The van der Waals surface area contributed by atoms with Gasteiger partial charge in [0, 0.05) is 33.2 Å². The molecule has 4 unspecified atom stereocenters. The maximum Gasteiger partial charge on any atom is 0.0184 e. The molecule has 0 radical (unpaired) electrons. The van der Waals surface area contributed by atoms with Crippen molar-refractivity contribution in [2.75, 3.05) is 7.05 Å². The van der Waals surface area contributed by atoms with Gasteiger partial charge in [0.25, 0.3) is 0 Å². The van der Waals surface area contributed by atoms with Crippen molar-refractivity contribution in [2.45, 2.75) is 166 Å². The molecule has 0 bridgehead atoms. The number of piperidine rings is 2. The maximum absolute atomic E-state index is 4.01. The highest BCUT2D eigenvalue weighted by atomic mass is 15.2. The first-order chi connectivity index (χ1) is 13.6. The molecule has 0 aromatic rings. The van der Waals surface area contributed by atoms with Crippen molar-refractivity contribution in [2.24, 2.45) is 0 Å². The van der Waals surface area contributed by atoms with Crippen LogP contribution in [0.25, 0.3) is 0 Å². The molecule has 3 fully saturated rings. The standard InChI is InChI=1S/C27H53N3/c1-22(2)12-10-13-24(5,28-22)18-20-26(7)14-11-15-27(8,30(26)9)21-19-25(6)17-16-23(3,4)29-25/h28-29H,10-21H2,1-9H3. The van der Waals surface area contributed by atoms with E-state index < -0.39 is 0 Å². The minimum Gasteiger partial charge on any atom is -0.307 e. The average Bonchev–Trinajstić information content (AvgIpc) is 2.90. The molecule has 0 saturated carbocycles. The van der Waals surface area contributed by atoms with Crippen LogP contribution in [-0.4, -0.2) is 45.2 Å². The quantitative estimate of drug-likeness (QED) is 0.521. The van der Waals surface area contributed by atoms with Crippen molar-refractivity contribution < 1.29 is 0 Å². The Balaban J connectivity index is 1.62. The van der Waals surface area contributed by atoms with Crippen molar-refractivity contribution in [1.29, 1.82) is 0 Å². The summed E-state index contributed by atoms with van der Waals surface area (Å²) >= 11 is 0. The van der Waals surface area contributed by atoms with Gasteiger partial charge in [-0.15, -0.1) is 0 Å². The van der Waals surface area contributed by atoms with E-state index in [1.807, 2.05) is 0 Å². The van der Waals surface area contributed by atoms with Gasteiger partial charge in [-0.2, -0.15) is 0 Å². The van der Waals surface area contributed by atoms with Crippen molar-refractivity contribution in [3.63, 3.8) is 0 Å². The van der Waals surface area contributed by atoms with E-state index in [0.29, 0.717) is 33.2 Å². The number of rotatable bonds is 6. The molecule has 0 aliphatic carbocycles. The number of likely N-dealkylation sites (tertiary alicyclic amines) is 1. The van der Waals surface area contributed by atoms with Crippen LogP contribution >= 0.6 is 0 Å². The molecule has 2 N–H and O–H groups in total. The van der Waals surface area contributed by atoms with Crippen LogP contribution in [-0.2, 0) is 0 Å². The van der Waals surface area contributed by atoms with Gasteiger partial charge < -0.3 is 10.6 Å². The fraction of sp³-hybridized carbons (Fsp3) is 1.00. The lowest BCUT2D eigenvalue weighted by atomic mass is 9.71. The summed E-state index contributed by atoms with van der Waals surface area (Å²) < 4.78 is 0. The van der Waals surface area contributed by atoms with E-state index in [1.54, 1.807) is 0 Å². The van der Waals surface area contributed by atoms with Gasteiger partial charge in [0.1, 0.15) is 0 Å². The molecule has 3 aliphatic heterocycles. The first-order valence-corrected chi connectivity index (χ1v) is 12.9. The van der Waals surface area contributed by atoms with Crippen molar-refractivity contribution in [3.8, 4) is 0 Å². The molecule has 3 rings (SSSR count). The molecule has 3 aliphatic rings. The smallest absolute Gasteiger partial charge is 0.0184 e. The van der Waals surface area contributed by atoms with Crippen LogP contribution in [0.1, 0.15) is 132 Å². The molecular formula is C27H53N3. The minimum atomic E-state index is 0.290. The first-order valence-electron chi connectivity index (χ1n) is 12.9. The zero-order chi connectivity index (χ0) is 22.5. The molecule has 3 heterocycles. The summed E-state index contributed by atoms with van der Waals surface area (Å²) in [5.74, 6) is 0. The summed E-state index contributed by atoms with van der Waals surface area (Å²) in [6, 6.07) is 0. The fourth-order valence-electron chi connectivity index (χ4n) is 7.28. The first kappa shape index (κ1) is 24.5. The third kappa shape index (κ3) is 5.44. The molecular weight excluding hydrogens is 366 g/mol. The second-order valence-electron chi connectivity index (χ2n) is 13.9. The Hall–Kier alpha value is -0.120. The van der Waals surface area contributed by atoms with E-state index in [0.717, 1.165) is 0 Å². The zero-order valence-corrected chi connectivity index (χ0v) is 21.9. The number of nitrogens with one attached hydrogen (secondary N) is 2. The van der Waals surface area contributed by atoms with Gasteiger partial charge in [-0.3, -0.25) is 4.90 Å². The molecule has 0 aromatic carbocycles. The summed E-state index contributed by atoms with van der Waals surface area (Å²) in [6.07, 6.45) is 15.9. The topological polar surface area (TPSA) is 27.3 Å². The number of hydrogen-bond acceptors (Lipinski definition) is 3. The molecule has 176 valence electrons. The summed E-state index contributed by atoms with van der Waals surface area (Å²) in [7, 11) is 2.44. The zero-order valence-electron chi connectivity index (χ0n) is 21.9. The highest BCUT2D eigenvalue weighted by molar-refractivity contribution is 5.05. The van der Waals surface area contributed by atoms with Crippen molar-refractivity contribution in [1.82, 2.24) is 15.5 Å². The van der Waals surface area contributed by atoms with E-state index in [-0.39, 0.29) is 0 Å². The van der Waals surface area contributed by atoms with Crippen LogP contribution in [0.2, 0.25) is 0 Å². The van der Waals surface area contributed by atoms with Crippen molar-refractivity contribution in [3.05, 3.63) is 0 Å². The Morgan fingerprint density at radius 1 is 0.533 bits per heavy atom. The summed E-state index contributed by atoms with van der Waals surface area (Å²) in [4.78, 5) is 2.81. The Kier molecular flexibility index (Phi) is 6.56. The molecule has 4 atom stereocenters. The van der Waals surface area contributed by atoms with E-state index in [9.17, 15) is 0 Å². The number of hydrogen-bond donors (Lipinski definition) is 2. The highest BCUT2D eigenvalue weighted by Crippen LogP contribution is 2.45. The highest BCUT2D eigenvalue weighted by Gasteiger charge is 2.47. The van der Waals surface area contributed by atoms with Crippen LogP contribution in [0.5, 0.6) is 0 Å². The lowest BCUT2D eigenvalue weighted by Crippen LogP contribution is -2.61. The molecule has 0 spiro atoms. The molecule has 0 aromatic heterocycles. The normalized spacial score (nSPS) is 44.3. The second kappa shape index (κ2) is 8.03. The third-order valence-electron chi connectivity index (χ3n) is 9.59. The lowest BCUT2D eigenvalue weighted by Gasteiger charge is -2.56. The lowest BCUT2D eigenvalue weighted by molar-refractivity contribution is -0.0430. The Morgan fingerprint density at radius 2 is 0.967 bits per heavy atom. The SMILES string of the molecule is CN1C(C)(CCC2(C)CCCC(C)(C)N2)CCCC1(C)CCC1(C)CCC(C)(C)N1. The van der Waals surface area contributed by atoms with E-state index in [1.165, 1.54) is 77.0 Å². The van der Waals surface area contributed by atoms with Crippen LogP contribution < -0.4 is 10.6 Å². The molecule has 3 nitrogen and oxygen atoms in total. The predicted molar refractivity (Wildman–Crippen MR) is 131 cm³/mol. The summed E-state index contributed by atoms with van der Waals surface area (Å²) in [6.45, 7) is 19.6. The maximum atomic E-state index is 4.01. The van der Waals surface area contributed by atoms with E-state index in [2.05, 4.69) is 78.0 Å². The van der Waals surface area contributed by atoms with Crippen LogP contribution in [0.15, 0.2) is 0 Å². The van der Waals surface area contributed by atoms with Gasteiger partial charge in [-0.1, -0.05) is 0 Å². The van der Waals surface area contributed by atoms with Gasteiger partial charge in [-0.25, -0.2) is 0 Å². The molecule has 0 amide bonds. The minimum absolute atomic E-state index is 0.290. The van der Waals surface area contributed by atoms with Gasteiger partial charge in [0.15, 0.2) is 0 Å². The van der Waals surface area contributed by atoms with Gasteiger partial charge in [-0.05, 0) is 139 Å². The summed E-state index contributed by atoms with van der Waals surface area (Å²) in [5.41, 5.74) is 1.85. The van der Waals surface area contributed by atoms with Crippen LogP contribution in [0.3, 0.4) is 0 Å². The Bertz CT molecular complexity index is 613. The Labute approximate surface area is 188 Å². The average molecular weight is 420 g/mol. The largest absolute Gasteiger partial charge is 0.307 e. The third-order valence-corrected chi connectivity index (χ3v) is 9.59. The van der Waals surface area contributed by atoms with Crippen LogP contribution in [0.4, 0.5) is 0 Å². The van der Waals surface area contributed by atoms with Gasteiger partial charge >= 0.3 is 0 Å². The van der Waals surface area contributed by atoms with Gasteiger partial charge in [0.05, 0.1) is 0 Å². The van der Waals surface area contributed by atoms with Crippen LogP contribution in [0, 0.1) is 0 Å². The van der Waals surface area contributed by atoms with Gasteiger partial charge in [0.2, 0.25) is 0 Å². The van der Waals surface area contributed by atoms with E-state index >= 15 is 0 Å². The molecule has 30 heavy (non-hydrogen) atoms. The van der Waals surface area contributed by atoms with E-state index in [4.69, 9.17) is 0 Å². The monoisotopic (exact) mass is 419 g/mol. The molecule has 3 heteroatoms.